The van der Waals surface area contributed by atoms with Crippen molar-refractivity contribution >= 4 is 18.0 Å². The van der Waals surface area contributed by atoms with Crippen LogP contribution in [0.25, 0.3) is 6.08 Å². The van der Waals surface area contributed by atoms with Gasteiger partial charge in [0, 0.05) is 51.7 Å². The van der Waals surface area contributed by atoms with E-state index >= 15 is 0 Å². The van der Waals surface area contributed by atoms with Gasteiger partial charge in [-0.15, -0.1) is 0 Å². The van der Waals surface area contributed by atoms with E-state index in [2.05, 4.69) is 11.0 Å². The third-order valence-electron chi connectivity index (χ3n) is 9.33. The second kappa shape index (κ2) is 11.8. The zero-order chi connectivity index (χ0) is 28.3. The van der Waals surface area contributed by atoms with E-state index in [0.29, 0.717) is 5.75 Å². The Hall–Kier alpha value is -3.16. The third kappa shape index (κ3) is 5.81. The molecule has 2 aromatic rings. The fourth-order valence-corrected chi connectivity index (χ4v) is 6.95. The number of benzene rings is 2. The molecule has 2 aromatic carbocycles. The summed E-state index contributed by atoms with van der Waals surface area (Å²) >= 11 is 0. The van der Waals surface area contributed by atoms with E-state index in [0.717, 1.165) is 68.1 Å². The van der Waals surface area contributed by atoms with Crippen molar-refractivity contribution in [3.8, 4) is 11.5 Å². The van der Waals surface area contributed by atoms with Crippen molar-refractivity contribution in [3.05, 3.63) is 65.7 Å². The number of esters is 1. The monoisotopic (exact) mass is 546 g/mol. The Morgan fingerprint density at radius 1 is 1.05 bits per heavy atom. The molecule has 214 valence electrons. The summed E-state index contributed by atoms with van der Waals surface area (Å²) in [5, 5.41) is 0. The summed E-state index contributed by atoms with van der Waals surface area (Å²) in [7, 11) is 5.39. The highest BCUT2D eigenvalue weighted by Gasteiger charge is 2.59. The maximum Gasteiger partial charge on any atom is 0.308 e. The van der Waals surface area contributed by atoms with Gasteiger partial charge in [0.1, 0.15) is 11.5 Å². The molecule has 0 aromatic heterocycles. The van der Waals surface area contributed by atoms with E-state index < -0.39 is 0 Å². The molecule has 40 heavy (non-hydrogen) atoms. The predicted molar refractivity (Wildman–Crippen MR) is 155 cm³/mol. The smallest absolute Gasteiger partial charge is 0.308 e. The number of nitrogens with zero attached hydrogens (tertiary/aromatic N) is 2. The molecule has 3 aliphatic rings. The number of rotatable bonds is 9. The maximum absolute atomic E-state index is 13.4. The first-order valence-electron chi connectivity index (χ1n) is 14.4. The van der Waals surface area contributed by atoms with Crippen molar-refractivity contribution in [3.63, 3.8) is 0 Å². The van der Waals surface area contributed by atoms with Gasteiger partial charge in [0.2, 0.25) is 5.91 Å². The Morgan fingerprint density at radius 2 is 1.82 bits per heavy atom. The number of piperidine rings is 1. The van der Waals surface area contributed by atoms with Crippen LogP contribution in [0.2, 0.25) is 0 Å². The minimum atomic E-state index is -0.383. The van der Waals surface area contributed by atoms with E-state index in [1.807, 2.05) is 67.6 Å². The summed E-state index contributed by atoms with van der Waals surface area (Å²) in [6.07, 6.45) is 9.58. The Labute approximate surface area is 238 Å². The molecule has 1 saturated heterocycles. The van der Waals surface area contributed by atoms with Crippen LogP contribution in [0.15, 0.2) is 54.6 Å². The number of hydrogen-bond donors (Lipinski definition) is 0. The number of amides is 1. The molecule has 2 saturated carbocycles. The lowest BCUT2D eigenvalue weighted by molar-refractivity contribution is -0.159. The lowest BCUT2D eigenvalue weighted by Crippen LogP contribution is -2.68. The van der Waals surface area contributed by atoms with Gasteiger partial charge in [-0.3, -0.25) is 9.59 Å². The van der Waals surface area contributed by atoms with Gasteiger partial charge in [-0.2, -0.15) is 0 Å². The van der Waals surface area contributed by atoms with Crippen LogP contribution >= 0.6 is 0 Å². The Bertz CT molecular complexity index is 1260. The largest absolute Gasteiger partial charge is 0.497 e. The lowest BCUT2D eigenvalue weighted by Gasteiger charge is -2.60. The van der Waals surface area contributed by atoms with Gasteiger partial charge in [-0.1, -0.05) is 24.3 Å². The van der Waals surface area contributed by atoms with E-state index in [1.165, 1.54) is 19.8 Å². The maximum atomic E-state index is 13.4. The van der Waals surface area contributed by atoms with Crippen LogP contribution in [-0.4, -0.2) is 74.2 Å². The van der Waals surface area contributed by atoms with Crippen LogP contribution in [0.5, 0.6) is 11.5 Å². The van der Waals surface area contributed by atoms with Crippen LogP contribution in [0, 0.1) is 5.92 Å². The molecule has 2 aliphatic carbocycles. The van der Waals surface area contributed by atoms with Gasteiger partial charge in [0.05, 0.1) is 12.7 Å². The summed E-state index contributed by atoms with van der Waals surface area (Å²) in [5.74, 6) is 1.77. The first-order chi connectivity index (χ1) is 19.3. The van der Waals surface area contributed by atoms with E-state index in [-0.39, 0.29) is 28.9 Å². The van der Waals surface area contributed by atoms with E-state index in [4.69, 9.17) is 14.2 Å². The fraction of sp³-hybridized carbons (Fsp3) is 0.515. The van der Waals surface area contributed by atoms with Crippen LogP contribution in [-0.2, 0) is 19.7 Å². The third-order valence-corrected chi connectivity index (χ3v) is 9.33. The van der Waals surface area contributed by atoms with Gasteiger partial charge in [0.15, 0.2) is 0 Å². The molecule has 3 fully saturated rings. The van der Waals surface area contributed by atoms with Crippen molar-refractivity contribution in [2.24, 2.45) is 5.92 Å². The Morgan fingerprint density at radius 3 is 2.55 bits per heavy atom. The molecule has 7 nitrogen and oxygen atoms in total. The number of carbonyl (C=O) groups is 2. The quantitative estimate of drug-likeness (QED) is 0.248. The van der Waals surface area contributed by atoms with Gasteiger partial charge in [-0.25, -0.2) is 0 Å². The molecule has 0 radical (unpaired) electrons. The summed E-state index contributed by atoms with van der Waals surface area (Å²) in [4.78, 5) is 29.6. The minimum absolute atomic E-state index is 0.0206. The lowest BCUT2D eigenvalue weighted by atomic mass is 9.55. The van der Waals surface area contributed by atoms with Crippen molar-refractivity contribution in [1.82, 2.24) is 9.80 Å². The van der Waals surface area contributed by atoms with Crippen molar-refractivity contribution in [2.75, 3.05) is 40.9 Å². The molecule has 1 heterocycles. The molecule has 1 aliphatic heterocycles. The molecule has 0 unspecified atom stereocenters. The molecule has 7 heteroatoms. The van der Waals surface area contributed by atoms with Gasteiger partial charge in [-0.05, 0) is 92.5 Å². The van der Waals surface area contributed by atoms with E-state index in [1.54, 1.807) is 13.2 Å². The minimum Gasteiger partial charge on any atom is -0.497 e. The summed E-state index contributed by atoms with van der Waals surface area (Å²) in [5.41, 5.74) is 1.35. The number of carbonyl (C=O) groups excluding carboxylic acids is 2. The number of methoxy groups -OCH3 is 2. The van der Waals surface area contributed by atoms with Crippen LogP contribution in [0.3, 0.4) is 0 Å². The zero-order valence-corrected chi connectivity index (χ0v) is 24.2. The molecule has 0 bridgehead atoms. The highest BCUT2D eigenvalue weighted by atomic mass is 16.5. The number of likely N-dealkylation sites (N-methyl/N-ethyl adjacent to an activating group) is 1. The first kappa shape index (κ1) is 28.4. The van der Waals surface area contributed by atoms with Crippen molar-refractivity contribution < 1.29 is 23.8 Å². The molecule has 1 amide bonds. The van der Waals surface area contributed by atoms with Crippen molar-refractivity contribution in [1.29, 1.82) is 0 Å². The molecule has 3 atom stereocenters. The average Bonchev–Trinajstić information content (AvgIpc) is 3.79. The topological polar surface area (TPSA) is 68.3 Å². The van der Waals surface area contributed by atoms with Gasteiger partial charge < -0.3 is 24.0 Å². The standard InChI is InChI=1S/C33H42N2O5/c1-24(36)40-30-10-6-8-27(20-30)32-17-18-35(22-26-11-12-26)23-33(32,39-4)16-15-28(21-32)34(2)31(37)14-13-25-7-5-9-29(19-25)38-3/h5-10,13-14,19-20,26,28H,11-12,15-18,21-23H2,1-4H3/t28-,32+,33+/m1/s1. The average molecular weight is 547 g/mol. The number of fused-ring (bicyclic) bond motifs is 1. The van der Waals surface area contributed by atoms with Crippen LogP contribution in [0.4, 0.5) is 0 Å². The second-order valence-electron chi connectivity index (χ2n) is 11.8. The molecule has 0 N–H and O–H groups in total. The normalized spacial score (nSPS) is 26.8. The fourth-order valence-electron chi connectivity index (χ4n) is 6.95. The predicted octanol–water partition coefficient (Wildman–Crippen LogP) is 5.08. The Balaban J connectivity index is 1.43. The zero-order valence-electron chi connectivity index (χ0n) is 24.2. The second-order valence-corrected chi connectivity index (χ2v) is 11.8. The highest BCUT2D eigenvalue weighted by molar-refractivity contribution is 5.91. The number of ether oxygens (including phenoxy) is 3. The van der Waals surface area contributed by atoms with Gasteiger partial charge >= 0.3 is 5.97 Å². The Kier molecular flexibility index (Phi) is 8.34. The summed E-state index contributed by atoms with van der Waals surface area (Å²) in [6, 6.07) is 15.7. The molecule has 5 rings (SSSR count). The number of likely N-dealkylation sites (tertiary alicyclic amines) is 1. The highest BCUT2D eigenvalue weighted by Crippen LogP contribution is 2.54. The molecular weight excluding hydrogens is 504 g/mol. The molecular formula is C33H42N2O5. The summed E-state index contributed by atoms with van der Waals surface area (Å²) in [6.45, 7) is 4.42. The molecule has 0 spiro atoms. The summed E-state index contributed by atoms with van der Waals surface area (Å²) < 4.78 is 17.3. The van der Waals surface area contributed by atoms with Gasteiger partial charge in [0.25, 0.3) is 0 Å². The van der Waals surface area contributed by atoms with Crippen LogP contribution < -0.4 is 9.47 Å². The number of hydrogen-bond acceptors (Lipinski definition) is 6. The van der Waals surface area contributed by atoms with Crippen LogP contribution in [0.1, 0.15) is 56.6 Å². The SMILES string of the molecule is COc1cccc(C=CC(=O)N(C)[C@@H]2CC[C@]3(OC)CN(CC4CC4)CC[C@@]3(c3cccc(OC(C)=O)c3)C2)c1. The first-order valence-corrected chi connectivity index (χ1v) is 14.4. The van der Waals surface area contributed by atoms with E-state index in [9.17, 15) is 9.59 Å². The van der Waals surface area contributed by atoms with Crippen molar-refractivity contribution in [2.45, 2.75) is 62.5 Å².